The van der Waals surface area contributed by atoms with Gasteiger partial charge in [0.25, 0.3) is 0 Å². The van der Waals surface area contributed by atoms with Crippen LogP contribution in [0.1, 0.15) is 40.0 Å². The molecule has 0 heterocycles. The third-order valence-electron chi connectivity index (χ3n) is 1.69. The van der Waals surface area contributed by atoms with E-state index in [4.69, 9.17) is 13.6 Å². The molecule has 0 saturated carbocycles. The van der Waals surface area contributed by atoms with Gasteiger partial charge in [0.05, 0.1) is 0 Å². The lowest BCUT2D eigenvalue weighted by atomic mass is 10.5. The maximum atomic E-state index is 12.4. The van der Waals surface area contributed by atoms with Crippen LogP contribution in [0, 0.1) is 0 Å². The number of rotatable bonds is 9. The van der Waals surface area contributed by atoms with Crippen LogP contribution in [-0.2, 0) is 18.1 Å². The van der Waals surface area contributed by atoms with Crippen LogP contribution in [0.4, 0.5) is 0 Å². The lowest BCUT2D eigenvalue weighted by Crippen LogP contribution is -2.12. The van der Waals surface area contributed by atoms with Crippen LogP contribution in [-0.4, -0.2) is 12.3 Å². The Morgan fingerprint density at radius 1 is 0.824 bits per heavy atom. The summed E-state index contributed by atoms with van der Waals surface area (Å²) in [6, 6.07) is 0. The van der Waals surface area contributed by atoms with Gasteiger partial charge in [-0.3, -0.25) is 13.6 Å². The Bertz CT molecular complexity index is 216. The lowest BCUT2D eigenvalue weighted by molar-refractivity contribution is 0.0990. The minimum atomic E-state index is -3.46. The van der Waals surface area contributed by atoms with E-state index in [1.807, 2.05) is 20.8 Å². The van der Waals surface area contributed by atoms with Crippen molar-refractivity contribution in [2.24, 2.45) is 0 Å². The quantitative estimate of drug-likeness (QED) is 0.195. The highest BCUT2D eigenvalue weighted by Gasteiger charge is 2.34. The normalized spacial score (nSPS) is 20.6. The van der Waals surface area contributed by atoms with Crippen molar-refractivity contribution in [3.8, 4) is 0 Å². The standard InChI is InChI=1S/C9H18I3O4P/c1-4-7(10)14-17(13,15-8(11)5-2)16-9(12)6-3/h7-9H,4-6H2,1-3H3. The monoisotopic (exact) mass is 602 g/mol. The van der Waals surface area contributed by atoms with Crippen LogP contribution in [0.25, 0.3) is 0 Å². The van der Waals surface area contributed by atoms with Crippen molar-refractivity contribution in [1.82, 2.24) is 0 Å². The zero-order chi connectivity index (χ0) is 13.5. The third kappa shape index (κ3) is 8.96. The highest BCUT2D eigenvalue weighted by atomic mass is 127. The fourth-order valence-electron chi connectivity index (χ4n) is 0.718. The molecule has 0 saturated heterocycles. The lowest BCUT2D eigenvalue weighted by Gasteiger charge is -2.24. The van der Waals surface area contributed by atoms with E-state index in [2.05, 4.69) is 67.8 Å². The van der Waals surface area contributed by atoms with Gasteiger partial charge in [0.1, 0.15) is 12.3 Å². The van der Waals surface area contributed by atoms with Crippen LogP contribution >= 0.6 is 75.6 Å². The van der Waals surface area contributed by atoms with Crippen molar-refractivity contribution >= 4 is 75.6 Å². The SMILES string of the molecule is CCC(I)OP(=O)(OC(I)CC)OC(I)CC. The van der Waals surface area contributed by atoms with Gasteiger partial charge in [-0.15, -0.1) is 0 Å². The molecule has 0 aliphatic rings. The van der Waals surface area contributed by atoms with Gasteiger partial charge in [-0.2, -0.15) is 0 Å². The first-order valence-electron chi connectivity index (χ1n) is 5.44. The largest absolute Gasteiger partial charge is 0.477 e. The van der Waals surface area contributed by atoms with Gasteiger partial charge >= 0.3 is 7.82 Å². The van der Waals surface area contributed by atoms with E-state index in [1.54, 1.807) is 0 Å². The number of halogens is 3. The summed E-state index contributed by atoms with van der Waals surface area (Å²) >= 11 is 6.27. The molecule has 8 heteroatoms. The summed E-state index contributed by atoms with van der Waals surface area (Å²) in [5.41, 5.74) is 0. The Hall–Kier alpha value is 2.30. The van der Waals surface area contributed by atoms with E-state index in [0.29, 0.717) is 0 Å². The van der Waals surface area contributed by atoms with E-state index >= 15 is 0 Å². The van der Waals surface area contributed by atoms with Crippen molar-refractivity contribution in [2.45, 2.75) is 52.4 Å². The van der Waals surface area contributed by atoms with Crippen molar-refractivity contribution in [1.29, 1.82) is 0 Å². The molecule has 0 aromatic heterocycles. The molecule has 0 N–H and O–H groups in total. The first kappa shape index (κ1) is 19.3. The van der Waals surface area contributed by atoms with E-state index in [-0.39, 0.29) is 12.3 Å². The summed E-state index contributed by atoms with van der Waals surface area (Å²) < 4.78 is 28.2. The van der Waals surface area contributed by atoms with E-state index in [9.17, 15) is 4.57 Å². The number of alkyl halides is 3. The Balaban J connectivity index is 4.62. The molecule has 0 aromatic rings. The number of hydrogen-bond acceptors (Lipinski definition) is 4. The summed E-state index contributed by atoms with van der Waals surface area (Å²) in [5.74, 6) is 0. The van der Waals surface area contributed by atoms with E-state index in [0.717, 1.165) is 19.3 Å². The predicted octanol–water partition coefficient (Wildman–Crippen LogP) is 5.66. The summed E-state index contributed by atoms with van der Waals surface area (Å²) in [4.78, 5) is 0. The Morgan fingerprint density at radius 2 is 1.06 bits per heavy atom. The van der Waals surface area contributed by atoms with Crippen LogP contribution in [0.5, 0.6) is 0 Å². The van der Waals surface area contributed by atoms with Gasteiger partial charge in [-0.05, 0) is 19.3 Å². The van der Waals surface area contributed by atoms with E-state index < -0.39 is 7.82 Å². The molecule has 0 radical (unpaired) electrons. The van der Waals surface area contributed by atoms with Gasteiger partial charge in [0.15, 0.2) is 0 Å². The summed E-state index contributed by atoms with van der Waals surface area (Å²) in [6.45, 7) is 5.89. The van der Waals surface area contributed by atoms with Crippen molar-refractivity contribution in [3.63, 3.8) is 0 Å². The smallest absolute Gasteiger partial charge is 0.273 e. The molecule has 104 valence electrons. The Kier molecular flexibility index (Phi) is 11.5. The Labute approximate surface area is 144 Å². The van der Waals surface area contributed by atoms with Crippen LogP contribution < -0.4 is 0 Å². The van der Waals surface area contributed by atoms with Crippen molar-refractivity contribution in [2.75, 3.05) is 0 Å². The highest BCUT2D eigenvalue weighted by Crippen LogP contribution is 2.55. The second-order valence-electron chi connectivity index (χ2n) is 3.22. The average Bonchev–Trinajstić information content (AvgIpc) is 2.27. The molecule has 0 aromatic carbocycles. The van der Waals surface area contributed by atoms with Gasteiger partial charge in [0.2, 0.25) is 0 Å². The summed E-state index contributed by atoms with van der Waals surface area (Å²) in [5, 5.41) is 0. The number of phosphoric ester groups is 1. The van der Waals surface area contributed by atoms with Crippen LogP contribution in [0.15, 0.2) is 0 Å². The first-order valence-corrected chi connectivity index (χ1v) is 10.6. The number of phosphoric acid groups is 1. The molecule has 0 bridgehead atoms. The molecule has 0 aliphatic carbocycles. The topological polar surface area (TPSA) is 44.8 Å². The van der Waals surface area contributed by atoms with E-state index in [1.165, 1.54) is 0 Å². The molecule has 0 rings (SSSR count). The molecular formula is C9H18I3O4P. The second-order valence-corrected chi connectivity index (χ2v) is 8.91. The Morgan fingerprint density at radius 3 is 1.24 bits per heavy atom. The van der Waals surface area contributed by atoms with Gasteiger partial charge in [-0.1, -0.05) is 88.5 Å². The molecular weight excluding hydrogens is 584 g/mol. The second kappa shape index (κ2) is 10.1. The maximum absolute atomic E-state index is 12.4. The summed E-state index contributed by atoms with van der Waals surface area (Å²) in [7, 11) is -3.46. The highest BCUT2D eigenvalue weighted by molar-refractivity contribution is 14.1. The predicted molar refractivity (Wildman–Crippen MR) is 95.2 cm³/mol. The van der Waals surface area contributed by atoms with Gasteiger partial charge in [0, 0.05) is 0 Å². The molecule has 0 fully saturated rings. The molecule has 3 unspecified atom stereocenters. The summed E-state index contributed by atoms with van der Waals surface area (Å²) in [6.07, 6.45) is 2.27. The number of hydrogen-bond donors (Lipinski definition) is 0. The first-order chi connectivity index (χ1) is 7.86. The van der Waals surface area contributed by atoms with Crippen molar-refractivity contribution < 1.29 is 18.1 Å². The minimum absolute atomic E-state index is 0.167. The maximum Gasteiger partial charge on any atom is 0.477 e. The van der Waals surface area contributed by atoms with Gasteiger partial charge < -0.3 is 0 Å². The molecule has 0 amide bonds. The van der Waals surface area contributed by atoms with Gasteiger partial charge in [-0.25, -0.2) is 4.57 Å². The molecule has 4 nitrogen and oxygen atoms in total. The zero-order valence-electron chi connectivity index (χ0n) is 10.1. The molecule has 0 aliphatic heterocycles. The molecule has 0 spiro atoms. The molecule has 17 heavy (non-hydrogen) atoms. The van der Waals surface area contributed by atoms with Crippen LogP contribution in [0.2, 0.25) is 0 Å². The fourth-order valence-corrected chi connectivity index (χ4v) is 4.66. The minimum Gasteiger partial charge on any atom is -0.273 e. The van der Waals surface area contributed by atoms with Crippen LogP contribution in [0.3, 0.4) is 0 Å². The third-order valence-corrected chi connectivity index (χ3v) is 7.84. The average molecular weight is 602 g/mol. The van der Waals surface area contributed by atoms with Crippen molar-refractivity contribution in [3.05, 3.63) is 0 Å². The molecule has 3 atom stereocenters. The fraction of sp³-hybridized carbons (Fsp3) is 1.00. The zero-order valence-corrected chi connectivity index (χ0v) is 17.4.